The molecule has 1 aliphatic rings. The molecule has 1 N–H and O–H groups in total. The first-order valence-electron chi connectivity index (χ1n) is 4.50. The zero-order valence-corrected chi connectivity index (χ0v) is 8.43. The Balaban J connectivity index is 2.22. The lowest BCUT2D eigenvalue weighted by Gasteiger charge is -2.05. The molecule has 13 heavy (non-hydrogen) atoms. The van der Waals surface area contributed by atoms with E-state index in [2.05, 4.69) is 4.98 Å². The van der Waals surface area contributed by atoms with Crippen molar-refractivity contribution < 1.29 is 9.84 Å². The third-order valence-corrected chi connectivity index (χ3v) is 3.22. The average Bonchev–Trinajstić information content (AvgIpc) is 2.72. The number of rotatable bonds is 2. The molecule has 0 aliphatic carbocycles. The highest BCUT2D eigenvalue weighted by Gasteiger charge is 2.22. The molecule has 1 aromatic rings. The summed E-state index contributed by atoms with van der Waals surface area (Å²) in [6, 6.07) is 0. The van der Waals surface area contributed by atoms with E-state index in [1.165, 1.54) is 4.88 Å². The Kier molecular flexibility index (Phi) is 2.62. The van der Waals surface area contributed by atoms with Crippen LogP contribution in [0.2, 0.25) is 0 Å². The number of nitrogens with zero attached hydrogens (tertiary/aromatic N) is 1. The molecule has 1 aliphatic heterocycles. The summed E-state index contributed by atoms with van der Waals surface area (Å²) < 4.78 is 5.54. The standard InChI is InChI=1S/C9H13NO2S/c1-6-9(7-3-2-4-12-7)10-8(5-11)13-6/h7,11H,2-5H2,1H3. The highest BCUT2D eigenvalue weighted by molar-refractivity contribution is 7.11. The van der Waals surface area contributed by atoms with Crippen molar-refractivity contribution in [1.82, 2.24) is 4.98 Å². The maximum absolute atomic E-state index is 8.93. The Morgan fingerprint density at radius 1 is 1.69 bits per heavy atom. The molecule has 0 radical (unpaired) electrons. The van der Waals surface area contributed by atoms with Gasteiger partial charge in [0, 0.05) is 11.5 Å². The highest BCUT2D eigenvalue weighted by atomic mass is 32.1. The zero-order valence-electron chi connectivity index (χ0n) is 7.62. The lowest BCUT2D eigenvalue weighted by molar-refractivity contribution is 0.108. The number of aliphatic hydroxyl groups excluding tert-OH is 1. The van der Waals surface area contributed by atoms with Crippen molar-refractivity contribution in [2.24, 2.45) is 0 Å². The summed E-state index contributed by atoms with van der Waals surface area (Å²) in [5.41, 5.74) is 1.03. The molecule has 1 unspecified atom stereocenters. The molecule has 0 bridgehead atoms. The van der Waals surface area contributed by atoms with Crippen molar-refractivity contribution >= 4 is 11.3 Å². The summed E-state index contributed by atoms with van der Waals surface area (Å²) in [7, 11) is 0. The molecule has 0 saturated carbocycles. The third kappa shape index (κ3) is 1.75. The first-order chi connectivity index (χ1) is 6.31. The predicted molar refractivity (Wildman–Crippen MR) is 50.7 cm³/mol. The summed E-state index contributed by atoms with van der Waals surface area (Å²) in [4.78, 5) is 5.53. The molecule has 0 aromatic carbocycles. The lowest BCUT2D eigenvalue weighted by atomic mass is 10.2. The summed E-state index contributed by atoms with van der Waals surface area (Å²) in [5.74, 6) is 0. The number of hydrogen-bond acceptors (Lipinski definition) is 4. The molecule has 2 heterocycles. The van der Waals surface area contributed by atoms with Gasteiger partial charge >= 0.3 is 0 Å². The van der Waals surface area contributed by atoms with E-state index in [-0.39, 0.29) is 12.7 Å². The fourth-order valence-corrected chi connectivity index (χ4v) is 2.47. The quantitative estimate of drug-likeness (QED) is 0.789. The van der Waals surface area contributed by atoms with Gasteiger partial charge in [0.15, 0.2) is 0 Å². The number of aliphatic hydroxyl groups is 1. The minimum Gasteiger partial charge on any atom is -0.389 e. The van der Waals surface area contributed by atoms with E-state index >= 15 is 0 Å². The van der Waals surface area contributed by atoms with E-state index in [9.17, 15) is 0 Å². The van der Waals surface area contributed by atoms with Crippen molar-refractivity contribution in [3.63, 3.8) is 0 Å². The molecule has 1 atom stereocenters. The van der Waals surface area contributed by atoms with E-state index in [4.69, 9.17) is 9.84 Å². The van der Waals surface area contributed by atoms with Crippen LogP contribution in [-0.4, -0.2) is 16.7 Å². The first-order valence-corrected chi connectivity index (χ1v) is 5.31. The van der Waals surface area contributed by atoms with Crippen LogP contribution in [0.3, 0.4) is 0 Å². The summed E-state index contributed by atoms with van der Waals surface area (Å²) in [5, 5.41) is 9.72. The average molecular weight is 199 g/mol. The lowest BCUT2D eigenvalue weighted by Crippen LogP contribution is -1.98. The number of ether oxygens (including phenoxy) is 1. The van der Waals surface area contributed by atoms with Crippen LogP contribution < -0.4 is 0 Å². The van der Waals surface area contributed by atoms with Gasteiger partial charge in [0.1, 0.15) is 11.1 Å². The van der Waals surface area contributed by atoms with E-state index in [1.54, 1.807) is 11.3 Å². The van der Waals surface area contributed by atoms with Gasteiger partial charge in [0.2, 0.25) is 0 Å². The van der Waals surface area contributed by atoms with Crippen molar-refractivity contribution in [3.8, 4) is 0 Å². The number of thiazole rings is 1. The Morgan fingerprint density at radius 3 is 3.08 bits per heavy atom. The van der Waals surface area contributed by atoms with E-state index in [1.807, 2.05) is 6.92 Å². The second-order valence-electron chi connectivity index (χ2n) is 3.21. The SMILES string of the molecule is Cc1sc(CO)nc1C1CCCO1. The van der Waals surface area contributed by atoms with Crippen LogP contribution in [-0.2, 0) is 11.3 Å². The molecule has 72 valence electrons. The highest BCUT2D eigenvalue weighted by Crippen LogP contribution is 2.32. The largest absolute Gasteiger partial charge is 0.389 e. The van der Waals surface area contributed by atoms with Crippen LogP contribution in [0.4, 0.5) is 0 Å². The molecule has 1 saturated heterocycles. The van der Waals surface area contributed by atoms with Gasteiger partial charge < -0.3 is 9.84 Å². The molecular formula is C9H13NO2S. The third-order valence-electron chi connectivity index (χ3n) is 2.25. The van der Waals surface area contributed by atoms with Gasteiger partial charge in [-0.05, 0) is 19.8 Å². The minimum absolute atomic E-state index is 0.0399. The topological polar surface area (TPSA) is 42.4 Å². The normalized spacial score (nSPS) is 22.5. The second-order valence-corrected chi connectivity index (χ2v) is 4.50. The van der Waals surface area contributed by atoms with Crippen LogP contribution in [0.5, 0.6) is 0 Å². The van der Waals surface area contributed by atoms with Gasteiger partial charge in [-0.15, -0.1) is 11.3 Å². The van der Waals surface area contributed by atoms with Gasteiger partial charge in [0.25, 0.3) is 0 Å². The maximum Gasteiger partial charge on any atom is 0.119 e. The summed E-state index contributed by atoms with van der Waals surface area (Å²) in [6.07, 6.45) is 2.36. The van der Waals surface area contributed by atoms with E-state index in [0.717, 1.165) is 30.2 Å². The van der Waals surface area contributed by atoms with Gasteiger partial charge in [0.05, 0.1) is 12.3 Å². The minimum atomic E-state index is 0.0399. The monoisotopic (exact) mass is 199 g/mol. The van der Waals surface area contributed by atoms with E-state index < -0.39 is 0 Å². The molecule has 0 spiro atoms. The van der Waals surface area contributed by atoms with Crippen molar-refractivity contribution in [3.05, 3.63) is 15.6 Å². The van der Waals surface area contributed by atoms with Gasteiger partial charge in [-0.3, -0.25) is 0 Å². The molecule has 1 aromatic heterocycles. The first kappa shape index (κ1) is 9.12. The Labute approximate surface area is 81.4 Å². The van der Waals surface area contributed by atoms with Crippen LogP contribution in [0, 0.1) is 6.92 Å². The van der Waals surface area contributed by atoms with E-state index in [0.29, 0.717) is 0 Å². The van der Waals surface area contributed by atoms with Crippen LogP contribution >= 0.6 is 11.3 Å². The number of aromatic nitrogens is 1. The van der Waals surface area contributed by atoms with Crippen LogP contribution in [0.15, 0.2) is 0 Å². The Bertz CT molecular complexity index is 292. The van der Waals surface area contributed by atoms with Crippen molar-refractivity contribution in [1.29, 1.82) is 0 Å². The summed E-state index contributed by atoms with van der Waals surface area (Å²) >= 11 is 1.56. The van der Waals surface area contributed by atoms with Gasteiger partial charge in [-0.25, -0.2) is 4.98 Å². The predicted octanol–water partition coefficient (Wildman–Crippen LogP) is 1.80. The fraction of sp³-hybridized carbons (Fsp3) is 0.667. The molecule has 3 nitrogen and oxygen atoms in total. The molecule has 2 rings (SSSR count). The van der Waals surface area contributed by atoms with Crippen molar-refractivity contribution in [2.45, 2.75) is 32.5 Å². The van der Waals surface area contributed by atoms with Crippen LogP contribution in [0.1, 0.15) is 34.5 Å². The van der Waals surface area contributed by atoms with Crippen LogP contribution in [0.25, 0.3) is 0 Å². The molecular weight excluding hydrogens is 186 g/mol. The Hall–Kier alpha value is -0.450. The number of hydrogen-bond donors (Lipinski definition) is 1. The smallest absolute Gasteiger partial charge is 0.119 e. The van der Waals surface area contributed by atoms with Crippen molar-refractivity contribution in [2.75, 3.05) is 6.61 Å². The molecule has 4 heteroatoms. The summed E-state index contributed by atoms with van der Waals surface area (Å²) in [6.45, 7) is 2.92. The zero-order chi connectivity index (χ0) is 9.26. The van der Waals surface area contributed by atoms with Gasteiger partial charge in [-0.1, -0.05) is 0 Å². The number of aryl methyl sites for hydroxylation is 1. The maximum atomic E-state index is 8.93. The second kappa shape index (κ2) is 3.74. The molecule has 0 amide bonds. The molecule has 1 fully saturated rings. The Morgan fingerprint density at radius 2 is 2.54 bits per heavy atom. The fourth-order valence-electron chi connectivity index (χ4n) is 1.62. The van der Waals surface area contributed by atoms with Gasteiger partial charge in [-0.2, -0.15) is 0 Å².